The Hall–Kier alpha value is -4.28. The van der Waals surface area contributed by atoms with E-state index >= 15 is 0 Å². The van der Waals surface area contributed by atoms with Gasteiger partial charge in [0.15, 0.2) is 6.04 Å². The largest absolute Gasteiger partial charge is 0.550 e. The monoisotopic (exact) mass is 501 g/mol. The average molecular weight is 502 g/mol. The standard InChI is InChI=1S/C23H29N3O6.C2H4O2/c1-3-30-18-12-16(13-19(14-18)32-11-5-6-20(27)28)21(23(29)31-4-2)26-17-9-7-15(8-10-17)22(24)25;1-2(3)4/h7-10,12-14,21,26H,3-6,11H2,1-2H3,(H3,24,25)(H,27,28);1H3,(H,3,4)/p-2. The molecule has 0 aromatic heterocycles. The number of hydrogen-bond acceptors (Lipinski definition) is 10. The normalized spacial score (nSPS) is 10.8. The molecule has 0 spiro atoms. The molecular weight excluding hydrogens is 470 g/mol. The number of carboxylic acids is 2. The third-order valence-electron chi connectivity index (χ3n) is 4.37. The van der Waals surface area contributed by atoms with Gasteiger partial charge in [-0.25, -0.2) is 4.79 Å². The molecule has 0 saturated carbocycles. The molecule has 0 aliphatic rings. The van der Waals surface area contributed by atoms with Crippen LogP contribution in [0.3, 0.4) is 0 Å². The molecule has 2 aromatic rings. The minimum Gasteiger partial charge on any atom is -0.550 e. The number of carboxylic acid groups (broad SMARTS) is 2. The van der Waals surface area contributed by atoms with Crippen LogP contribution >= 0.6 is 0 Å². The average Bonchev–Trinajstić information content (AvgIpc) is 2.80. The molecule has 0 bridgehead atoms. The summed E-state index contributed by atoms with van der Waals surface area (Å²) < 4.78 is 16.5. The second-order valence-electron chi connectivity index (χ2n) is 7.31. The predicted molar refractivity (Wildman–Crippen MR) is 128 cm³/mol. The number of ether oxygens (including phenoxy) is 3. The maximum atomic E-state index is 12.7. The molecule has 11 nitrogen and oxygen atoms in total. The van der Waals surface area contributed by atoms with E-state index in [-0.39, 0.29) is 25.5 Å². The fraction of sp³-hybridized carbons (Fsp3) is 0.360. The molecule has 0 saturated heterocycles. The number of nitrogens with one attached hydrogen (secondary N) is 2. The van der Waals surface area contributed by atoms with E-state index in [2.05, 4.69) is 5.32 Å². The van der Waals surface area contributed by atoms with Gasteiger partial charge in [-0.15, -0.1) is 0 Å². The number of carbonyl (C=O) groups excluding carboxylic acids is 3. The van der Waals surface area contributed by atoms with Crippen molar-refractivity contribution in [3.05, 3.63) is 53.6 Å². The Morgan fingerprint density at radius 3 is 2.08 bits per heavy atom. The van der Waals surface area contributed by atoms with Crippen LogP contribution in [-0.4, -0.2) is 43.6 Å². The Balaban J connectivity index is 0.00000150. The van der Waals surface area contributed by atoms with Gasteiger partial charge in [-0.1, -0.05) is 0 Å². The third-order valence-corrected chi connectivity index (χ3v) is 4.37. The first-order valence-electron chi connectivity index (χ1n) is 11.2. The molecule has 0 fully saturated rings. The Bertz CT molecular complexity index is 1020. The third kappa shape index (κ3) is 11.2. The summed E-state index contributed by atoms with van der Waals surface area (Å²) in [5, 5.41) is 30.1. The Morgan fingerprint density at radius 2 is 1.58 bits per heavy atom. The first-order valence-corrected chi connectivity index (χ1v) is 11.2. The second-order valence-corrected chi connectivity index (χ2v) is 7.31. The lowest BCUT2D eigenvalue weighted by Crippen LogP contribution is -2.24. The van der Waals surface area contributed by atoms with Crippen molar-refractivity contribution < 1.29 is 38.8 Å². The first kappa shape index (κ1) is 29.8. The quantitative estimate of drug-likeness (QED) is 0.153. The first-order chi connectivity index (χ1) is 17.1. The molecule has 1 unspecified atom stereocenters. The summed E-state index contributed by atoms with van der Waals surface area (Å²) in [7, 11) is 0. The van der Waals surface area contributed by atoms with Crippen LogP contribution in [0.1, 0.15) is 50.8 Å². The number of nitrogens with two attached hydrogens (primary N) is 1. The van der Waals surface area contributed by atoms with Crippen molar-refractivity contribution >= 4 is 29.4 Å². The zero-order valence-electron chi connectivity index (χ0n) is 20.5. The number of carbonyl (C=O) groups is 3. The summed E-state index contributed by atoms with van der Waals surface area (Å²) in [6.45, 7) is 5.33. The van der Waals surface area contributed by atoms with Gasteiger partial charge in [-0.2, -0.15) is 0 Å². The molecule has 2 aromatic carbocycles. The van der Waals surface area contributed by atoms with Gasteiger partial charge in [0.1, 0.15) is 17.3 Å². The lowest BCUT2D eigenvalue weighted by atomic mass is 10.0. The molecule has 0 radical (unpaired) electrons. The van der Waals surface area contributed by atoms with Gasteiger partial charge >= 0.3 is 5.97 Å². The predicted octanol–water partition coefficient (Wildman–Crippen LogP) is 0.751. The maximum absolute atomic E-state index is 12.7. The highest BCUT2D eigenvalue weighted by Crippen LogP contribution is 2.30. The zero-order valence-corrected chi connectivity index (χ0v) is 20.5. The molecule has 0 amide bonds. The van der Waals surface area contributed by atoms with Crippen molar-refractivity contribution in [1.29, 1.82) is 5.41 Å². The summed E-state index contributed by atoms with van der Waals surface area (Å²) in [6, 6.07) is 11.0. The van der Waals surface area contributed by atoms with Crippen LogP contribution in [0.4, 0.5) is 5.69 Å². The number of rotatable bonds is 13. The summed E-state index contributed by atoms with van der Waals surface area (Å²) in [4.78, 5) is 32.2. The van der Waals surface area contributed by atoms with Crippen LogP contribution in [0.15, 0.2) is 42.5 Å². The number of hydrogen-bond donors (Lipinski definition) is 3. The van der Waals surface area contributed by atoms with E-state index in [1.165, 1.54) is 0 Å². The van der Waals surface area contributed by atoms with Gasteiger partial charge in [-0.05, 0) is 75.6 Å². The molecule has 0 heterocycles. The van der Waals surface area contributed by atoms with Crippen LogP contribution < -0.4 is 30.7 Å². The van der Waals surface area contributed by atoms with Gasteiger partial charge in [0.2, 0.25) is 0 Å². The molecule has 4 N–H and O–H groups in total. The fourth-order valence-electron chi connectivity index (χ4n) is 2.92. The van der Waals surface area contributed by atoms with E-state index in [0.29, 0.717) is 41.3 Å². The van der Waals surface area contributed by atoms with Crippen molar-refractivity contribution in [2.24, 2.45) is 5.73 Å². The number of amidine groups is 1. The summed E-state index contributed by atoms with van der Waals surface area (Å²) in [5.41, 5.74) is 7.25. The van der Waals surface area contributed by atoms with Gasteiger partial charge < -0.3 is 45.1 Å². The Labute approximate surface area is 209 Å². The molecule has 11 heteroatoms. The number of aliphatic carboxylic acids is 2. The smallest absolute Gasteiger partial charge is 0.333 e. The van der Waals surface area contributed by atoms with Gasteiger partial charge in [0.05, 0.1) is 19.8 Å². The van der Waals surface area contributed by atoms with Crippen molar-refractivity contribution in [2.45, 2.75) is 39.7 Å². The van der Waals surface area contributed by atoms with Crippen LogP contribution in [0.5, 0.6) is 11.5 Å². The minimum absolute atomic E-state index is 0.0524. The molecule has 196 valence electrons. The van der Waals surface area contributed by atoms with E-state index in [1.54, 1.807) is 49.4 Å². The Kier molecular flexibility index (Phi) is 12.9. The number of nitrogen functional groups attached to an aromatic ring is 1. The maximum Gasteiger partial charge on any atom is 0.333 e. The molecule has 36 heavy (non-hydrogen) atoms. The number of esters is 1. The molecule has 2 rings (SSSR count). The number of benzene rings is 2. The molecule has 0 aliphatic heterocycles. The summed E-state index contributed by atoms with van der Waals surface area (Å²) in [6.07, 6.45) is 0.180. The summed E-state index contributed by atoms with van der Waals surface area (Å²) in [5.74, 6) is -1.82. The van der Waals surface area contributed by atoms with Gasteiger partial charge in [0.25, 0.3) is 0 Å². The van der Waals surface area contributed by atoms with Crippen LogP contribution in [0.2, 0.25) is 0 Å². The van der Waals surface area contributed by atoms with E-state index in [0.717, 1.165) is 6.92 Å². The van der Waals surface area contributed by atoms with Crippen molar-refractivity contribution in [3.63, 3.8) is 0 Å². The van der Waals surface area contributed by atoms with Crippen molar-refractivity contribution in [2.75, 3.05) is 25.1 Å². The number of anilines is 1. The molecular formula is C25H31N3O8-2. The topological polar surface area (TPSA) is 187 Å². The minimum atomic E-state index is -1.14. The fourth-order valence-corrected chi connectivity index (χ4v) is 2.92. The lowest BCUT2D eigenvalue weighted by Gasteiger charge is -2.21. The second kappa shape index (κ2) is 15.6. The van der Waals surface area contributed by atoms with E-state index in [1.807, 2.05) is 6.92 Å². The Morgan fingerprint density at radius 1 is 1.00 bits per heavy atom. The highest BCUT2D eigenvalue weighted by atomic mass is 16.5. The van der Waals surface area contributed by atoms with Gasteiger partial charge in [0, 0.05) is 29.3 Å². The van der Waals surface area contributed by atoms with Crippen molar-refractivity contribution in [1.82, 2.24) is 0 Å². The summed E-state index contributed by atoms with van der Waals surface area (Å²) >= 11 is 0. The zero-order chi connectivity index (χ0) is 27.1. The SMILES string of the molecule is CC(=O)[O-].CCOC(=O)C(Nc1ccc(C(=N)N)cc1)c1cc(OCC)cc(OCCCC(=O)[O-])c1. The van der Waals surface area contributed by atoms with E-state index in [9.17, 15) is 14.7 Å². The van der Waals surface area contributed by atoms with E-state index < -0.39 is 23.9 Å². The highest BCUT2D eigenvalue weighted by molar-refractivity contribution is 5.95. The van der Waals surface area contributed by atoms with Crippen molar-refractivity contribution in [3.8, 4) is 11.5 Å². The molecule has 1 atom stereocenters. The van der Waals surface area contributed by atoms with Crippen LogP contribution in [0.25, 0.3) is 0 Å². The van der Waals surface area contributed by atoms with E-state index in [4.69, 9.17) is 35.3 Å². The van der Waals surface area contributed by atoms with Gasteiger partial charge in [-0.3, -0.25) is 5.41 Å². The highest BCUT2D eigenvalue weighted by Gasteiger charge is 2.24. The lowest BCUT2D eigenvalue weighted by molar-refractivity contribution is -0.306. The van der Waals surface area contributed by atoms with Crippen LogP contribution in [-0.2, 0) is 19.1 Å². The molecule has 0 aliphatic carbocycles. The van der Waals surface area contributed by atoms with Crippen LogP contribution in [0, 0.1) is 5.41 Å².